The van der Waals surface area contributed by atoms with Crippen LogP contribution in [0.25, 0.3) is 0 Å². The van der Waals surface area contributed by atoms with E-state index in [0.717, 1.165) is 0 Å². The molecule has 1 rings (SSSR count). The van der Waals surface area contributed by atoms with Crippen molar-refractivity contribution in [2.45, 2.75) is 44.2 Å². The van der Waals surface area contributed by atoms with Gasteiger partial charge in [0.1, 0.15) is 6.10 Å². The molecule has 0 heterocycles. The molecule has 0 aliphatic carbocycles. The van der Waals surface area contributed by atoms with Crippen molar-refractivity contribution >= 4 is 21.6 Å². The summed E-state index contributed by atoms with van der Waals surface area (Å²) in [7, 11) is -2.12. The highest BCUT2D eigenvalue weighted by molar-refractivity contribution is 7.89. The number of benzene rings is 1. The first-order valence-corrected chi connectivity index (χ1v) is 9.36. The fraction of sp³-hybridized carbons (Fsp3) is 0.562. The molecule has 0 saturated carbocycles. The standard InChI is InChI=1S/C16H26N2O5S/c1-5-15(23-6-2)16(19)17-13-7-9-14(10-8-13)24(20,21)18-12(3)11-22-4/h7-10,12,15,18H,5-6,11H2,1-4H3,(H,17,19). The number of amides is 1. The number of ether oxygens (including phenoxy) is 2. The Morgan fingerprint density at radius 2 is 1.83 bits per heavy atom. The van der Waals surface area contributed by atoms with Gasteiger partial charge in [0.15, 0.2) is 0 Å². The Balaban J connectivity index is 2.76. The van der Waals surface area contributed by atoms with Gasteiger partial charge in [0.05, 0.1) is 11.5 Å². The molecule has 0 bridgehead atoms. The zero-order chi connectivity index (χ0) is 18.2. The summed E-state index contributed by atoms with van der Waals surface area (Å²) in [5.41, 5.74) is 0.516. The van der Waals surface area contributed by atoms with Crippen LogP contribution >= 0.6 is 0 Å². The quantitative estimate of drug-likeness (QED) is 0.665. The summed E-state index contributed by atoms with van der Waals surface area (Å²) in [5, 5.41) is 2.72. The largest absolute Gasteiger partial charge is 0.383 e. The predicted octanol–water partition coefficient (Wildman–Crippen LogP) is 1.75. The van der Waals surface area contributed by atoms with E-state index in [1.165, 1.54) is 19.2 Å². The zero-order valence-corrected chi connectivity index (χ0v) is 15.4. The van der Waals surface area contributed by atoms with Crippen molar-refractivity contribution < 1.29 is 22.7 Å². The highest BCUT2D eigenvalue weighted by Gasteiger charge is 2.19. The van der Waals surface area contributed by atoms with Crippen LogP contribution in [0.3, 0.4) is 0 Å². The minimum absolute atomic E-state index is 0.125. The fourth-order valence-corrected chi connectivity index (χ4v) is 3.37. The molecule has 2 N–H and O–H groups in total. The first-order chi connectivity index (χ1) is 11.3. The number of methoxy groups -OCH3 is 1. The number of rotatable bonds is 10. The van der Waals surface area contributed by atoms with Crippen LogP contribution in [-0.2, 0) is 24.3 Å². The Labute approximate surface area is 143 Å². The Kier molecular flexibility index (Phi) is 8.34. The van der Waals surface area contributed by atoms with Gasteiger partial charge in [-0.1, -0.05) is 6.92 Å². The molecule has 2 unspecified atom stereocenters. The minimum Gasteiger partial charge on any atom is -0.383 e. The molecule has 0 fully saturated rings. The molecule has 0 saturated heterocycles. The summed E-state index contributed by atoms with van der Waals surface area (Å²) in [6.45, 7) is 6.14. The number of hydrogen-bond acceptors (Lipinski definition) is 5. The lowest BCUT2D eigenvalue weighted by Crippen LogP contribution is -2.35. The Morgan fingerprint density at radius 3 is 2.33 bits per heavy atom. The van der Waals surface area contributed by atoms with Crippen molar-refractivity contribution in [2.24, 2.45) is 0 Å². The highest BCUT2D eigenvalue weighted by atomic mass is 32.2. The molecule has 7 nitrogen and oxygen atoms in total. The van der Waals surface area contributed by atoms with Gasteiger partial charge in [0, 0.05) is 25.4 Å². The maximum absolute atomic E-state index is 12.2. The van der Waals surface area contributed by atoms with Crippen LogP contribution in [0.2, 0.25) is 0 Å². The number of carbonyl (C=O) groups is 1. The van der Waals surface area contributed by atoms with E-state index in [-0.39, 0.29) is 23.5 Å². The van der Waals surface area contributed by atoms with Crippen LogP contribution in [0, 0.1) is 0 Å². The third kappa shape index (κ3) is 6.20. The van der Waals surface area contributed by atoms with E-state index in [2.05, 4.69) is 10.0 Å². The first-order valence-electron chi connectivity index (χ1n) is 7.87. The highest BCUT2D eigenvalue weighted by Crippen LogP contribution is 2.15. The van der Waals surface area contributed by atoms with E-state index in [9.17, 15) is 13.2 Å². The van der Waals surface area contributed by atoms with E-state index in [0.29, 0.717) is 18.7 Å². The van der Waals surface area contributed by atoms with Crippen molar-refractivity contribution in [3.8, 4) is 0 Å². The van der Waals surface area contributed by atoms with E-state index in [1.54, 1.807) is 19.1 Å². The summed E-state index contributed by atoms with van der Waals surface area (Å²) in [6.07, 6.45) is 0.0444. The molecule has 0 spiro atoms. The van der Waals surface area contributed by atoms with Gasteiger partial charge in [-0.25, -0.2) is 13.1 Å². The molecule has 0 aromatic heterocycles. The number of sulfonamides is 1. The van der Waals surface area contributed by atoms with Gasteiger partial charge < -0.3 is 14.8 Å². The molecule has 24 heavy (non-hydrogen) atoms. The average Bonchev–Trinajstić information content (AvgIpc) is 2.52. The van der Waals surface area contributed by atoms with Gasteiger partial charge >= 0.3 is 0 Å². The van der Waals surface area contributed by atoms with Crippen molar-refractivity contribution in [1.82, 2.24) is 4.72 Å². The van der Waals surface area contributed by atoms with Crippen molar-refractivity contribution in [3.05, 3.63) is 24.3 Å². The number of anilines is 1. The maximum Gasteiger partial charge on any atom is 0.253 e. The lowest BCUT2D eigenvalue weighted by molar-refractivity contribution is -0.127. The molecule has 1 aromatic carbocycles. The second-order valence-electron chi connectivity index (χ2n) is 5.34. The summed E-state index contributed by atoms with van der Waals surface area (Å²) in [6, 6.07) is 5.65. The SMILES string of the molecule is CCOC(CC)C(=O)Nc1ccc(S(=O)(=O)NC(C)COC)cc1. The van der Waals surface area contributed by atoms with Gasteiger partial charge in [0.25, 0.3) is 5.91 Å². The Hall–Kier alpha value is -1.48. The third-order valence-corrected chi connectivity index (χ3v) is 4.84. The summed E-state index contributed by atoms with van der Waals surface area (Å²) in [4.78, 5) is 12.2. The Bertz CT molecular complexity index is 616. The van der Waals surface area contributed by atoms with E-state index < -0.39 is 16.1 Å². The van der Waals surface area contributed by atoms with Gasteiger partial charge in [-0.2, -0.15) is 0 Å². The molecular weight excluding hydrogens is 332 g/mol. The van der Waals surface area contributed by atoms with Crippen molar-refractivity contribution in [3.63, 3.8) is 0 Å². The topological polar surface area (TPSA) is 93.7 Å². The van der Waals surface area contributed by atoms with Crippen LogP contribution in [0.15, 0.2) is 29.2 Å². The third-order valence-electron chi connectivity index (χ3n) is 3.24. The van der Waals surface area contributed by atoms with Crippen LogP contribution in [-0.4, -0.2) is 46.8 Å². The van der Waals surface area contributed by atoms with Crippen LogP contribution in [0.4, 0.5) is 5.69 Å². The number of hydrogen-bond donors (Lipinski definition) is 2. The monoisotopic (exact) mass is 358 g/mol. The van der Waals surface area contributed by atoms with E-state index >= 15 is 0 Å². The lowest BCUT2D eigenvalue weighted by atomic mass is 10.2. The van der Waals surface area contributed by atoms with Crippen LogP contribution in [0.5, 0.6) is 0 Å². The maximum atomic E-state index is 12.2. The Morgan fingerprint density at radius 1 is 1.21 bits per heavy atom. The van der Waals surface area contributed by atoms with Gasteiger partial charge in [-0.3, -0.25) is 4.79 Å². The van der Waals surface area contributed by atoms with Crippen molar-refractivity contribution in [2.75, 3.05) is 25.6 Å². The summed E-state index contributed by atoms with van der Waals surface area (Å²) in [5.74, 6) is -0.248. The normalized spacial score (nSPS) is 14.2. The van der Waals surface area contributed by atoms with Gasteiger partial charge in [-0.05, 0) is 44.5 Å². The molecule has 8 heteroatoms. The molecule has 1 aromatic rings. The zero-order valence-electron chi connectivity index (χ0n) is 14.5. The second-order valence-corrected chi connectivity index (χ2v) is 7.06. The van der Waals surface area contributed by atoms with Crippen molar-refractivity contribution in [1.29, 1.82) is 0 Å². The predicted molar refractivity (Wildman–Crippen MR) is 92.4 cm³/mol. The molecular formula is C16H26N2O5S. The first kappa shape index (κ1) is 20.6. The summed E-state index contributed by atoms with van der Waals surface area (Å²) < 4.78 is 37.2. The molecule has 2 atom stereocenters. The van der Waals surface area contributed by atoms with E-state index in [1.807, 2.05) is 13.8 Å². The van der Waals surface area contributed by atoms with Gasteiger partial charge in [0.2, 0.25) is 10.0 Å². The fourth-order valence-electron chi connectivity index (χ4n) is 2.14. The number of nitrogens with one attached hydrogen (secondary N) is 2. The second kappa shape index (κ2) is 9.73. The van der Waals surface area contributed by atoms with E-state index in [4.69, 9.17) is 9.47 Å². The molecule has 136 valence electrons. The smallest absolute Gasteiger partial charge is 0.253 e. The molecule has 0 aliphatic heterocycles. The lowest BCUT2D eigenvalue weighted by Gasteiger charge is -2.15. The minimum atomic E-state index is -3.62. The molecule has 1 amide bonds. The average molecular weight is 358 g/mol. The summed E-state index contributed by atoms with van der Waals surface area (Å²) >= 11 is 0. The van der Waals surface area contributed by atoms with Crippen LogP contribution in [0.1, 0.15) is 27.2 Å². The van der Waals surface area contributed by atoms with Crippen LogP contribution < -0.4 is 10.0 Å². The molecule has 0 radical (unpaired) electrons. The number of carbonyl (C=O) groups excluding carboxylic acids is 1. The van der Waals surface area contributed by atoms with Gasteiger partial charge in [-0.15, -0.1) is 0 Å². The molecule has 0 aliphatic rings.